The molecule has 114 valence electrons. The van der Waals surface area contributed by atoms with Crippen molar-refractivity contribution in [1.82, 2.24) is 5.32 Å². The molecule has 0 heterocycles. The molecule has 3 nitrogen and oxygen atoms in total. The average molecular weight is 295 g/mol. The average Bonchev–Trinajstić information content (AvgIpc) is 3.21. The van der Waals surface area contributed by atoms with E-state index in [1.165, 1.54) is 18.2 Å². The number of halogens is 2. The number of carbonyl (C=O) groups is 1. The van der Waals surface area contributed by atoms with Gasteiger partial charge in [-0.05, 0) is 44.2 Å². The third kappa shape index (κ3) is 3.07. The summed E-state index contributed by atoms with van der Waals surface area (Å²) in [5.41, 5.74) is 0.0386. The van der Waals surface area contributed by atoms with Crippen LogP contribution >= 0.6 is 0 Å². The molecular weight excluding hydrogens is 276 g/mol. The zero-order chi connectivity index (χ0) is 15.0. The van der Waals surface area contributed by atoms with Crippen LogP contribution in [-0.2, 0) is 4.79 Å². The van der Waals surface area contributed by atoms with Crippen LogP contribution < -0.4 is 5.32 Å². The SMILES string of the molecule is O=C(NC1CCC(O)CC1)C1CC1c1c(F)cccc1F. The molecule has 2 atom stereocenters. The Morgan fingerprint density at radius 2 is 1.76 bits per heavy atom. The molecule has 1 amide bonds. The second kappa shape index (κ2) is 5.72. The van der Waals surface area contributed by atoms with Crippen molar-refractivity contribution in [2.75, 3.05) is 0 Å². The van der Waals surface area contributed by atoms with Gasteiger partial charge in [0.1, 0.15) is 11.6 Å². The highest BCUT2D eigenvalue weighted by molar-refractivity contribution is 5.83. The van der Waals surface area contributed by atoms with Gasteiger partial charge in [0.25, 0.3) is 0 Å². The molecular formula is C16H19F2NO2. The van der Waals surface area contributed by atoms with Crippen molar-refractivity contribution in [3.63, 3.8) is 0 Å². The van der Waals surface area contributed by atoms with Crippen molar-refractivity contribution in [2.45, 2.75) is 50.2 Å². The van der Waals surface area contributed by atoms with Gasteiger partial charge in [0.15, 0.2) is 0 Å². The summed E-state index contributed by atoms with van der Waals surface area (Å²) in [6, 6.07) is 3.87. The molecule has 21 heavy (non-hydrogen) atoms. The number of carbonyl (C=O) groups excluding carboxylic acids is 1. The lowest BCUT2D eigenvalue weighted by molar-refractivity contribution is -0.123. The van der Waals surface area contributed by atoms with Gasteiger partial charge < -0.3 is 10.4 Å². The first-order valence-corrected chi connectivity index (χ1v) is 7.48. The van der Waals surface area contributed by atoms with Crippen molar-refractivity contribution in [3.05, 3.63) is 35.4 Å². The Morgan fingerprint density at radius 3 is 2.38 bits per heavy atom. The molecule has 5 heteroatoms. The van der Waals surface area contributed by atoms with Gasteiger partial charge in [-0.1, -0.05) is 6.07 Å². The predicted octanol–water partition coefficient (Wildman–Crippen LogP) is 2.49. The summed E-state index contributed by atoms with van der Waals surface area (Å²) < 4.78 is 27.4. The minimum absolute atomic E-state index is 0.0386. The number of nitrogens with one attached hydrogen (secondary N) is 1. The summed E-state index contributed by atoms with van der Waals surface area (Å²) in [5, 5.41) is 12.4. The van der Waals surface area contributed by atoms with Crippen LogP contribution in [-0.4, -0.2) is 23.2 Å². The van der Waals surface area contributed by atoms with E-state index in [-0.39, 0.29) is 35.5 Å². The quantitative estimate of drug-likeness (QED) is 0.900. The van der Waals surface area contributed by atoms with Gasteiger partial charge >= 0.3 is 0 Å². The summed E-state index contributed by atoms with van der Waals surface area (Å²) in [6.45, 7) is 0. The molecule has 1 aromatic carbocycles. The Labute approximate surface area is 122 Å². The molecule has 2 unspecified atom stereocenters. The highest BCUT2D eigenvalue weighted by atomic mass is 19.1. The third-order valence-electron chi connectivity index (χ3n) is 4.54. The van der Waals surface area contributed by atoms with Crippen molar-refractivity contribution in [3.8, 4) is 0 Å². The van der Waals surface area contributed by atoms with E-state index in [4.69, 9.17) is 0 Å². The summed E-state index contributed by atoms with van der Waals surface area (Å²) in [4.78, 5) is 12.1. The minimum Gasteiger partial charge on any atom is -0.393 e. The molecule has 1 aromatic rings. The van der Waals surface area contributed by atoms with Gasteiger partial charge in [0.05, 0.1) is 6.10 Å². The predicted molar refractivity (Wildman–Crippen MR) is 73.6 cm³/mol. The molecule has 0 saturated heterocycles. The third-order valence-corrected chi connectivity index (χ3v) is 4.54. The maximum absolute atomic E-state index is 13.7. The molecule has 0 bridgehead atoms. The molecule has 0 spiro atoms. The number of amides is 1. The molecule has 0 radical (unpaired) electrons. The summed E-state index contributed by atoms with van der Waals surface area (Å²) in [7, 11) is 0. The Morgan fingerprint density at radius 1 is 1.14 bits per heavy atom. The summed E-state index contributed by atoms with van der Waals surface area (Å²) >= 11 is 0. The van der Waals surface area contributed by atoms with E-state index in [9.17, 15) is 18.7 Å². The van der Waals surface area contributed by atoms with Crippen molar-refractivity contribution < 1.29 is 18.7 Å². The molecule has 2 saturated carbocycles. The number of hydrogen-bond donors (Lipinski definition) is 2. The van der Waals surface area contributed by atoms with Crippen LogP contribution in [0.25, 0.3) is 0 Å². The molecule has 2 aliphatic carbocycles. The van der Waals surface area contributed by atoms with E-state index < -0.39 is 11.6 Å². The first-order chi connectivity index (χ1) is 10.1. The van der Waals surface area contributed by atoms with E-state index in [1.54, 1.807) is 0 Å². The number of aliphatic hydroxyl groups excluding tert-OH is 1. The number of rotatable bonds is 3. The van der Waals surface area contributed by atoms with Gasteiger partial charge in [-0.25, -0.2) is 8.78 Å². The van der Waals surface area contributed by atoms with Gasteiger partial charge in [-0.15, -0.1) is 0 Å². The standard InChI is InChI=1S/C16H19F2NO2/c17-13-2-1-3-14(18)15(13)11-8-12(11)16(21)19-9-4-6-10(20)7-5-9/h1-3,9-12,20H,4-8H2,(H,19,21). The zero-order valence-corrected chi connectivity index (χ0v) is 11.7. The Balaban J connectivity index is 1.59. The Hall–Kier alpha value is -1.49. The largest absolute Gasteiger partial charge is 0.393 e. The summed E-state index contributed by atoms with van der Waals surface area (Å²) in [6.07, 6.45) is 3.15. The van der Waals surface area contributed by atoms with Gasteiger partial charge in [0.2, 0.25) is 5.91 Å². The molecule has 0 aromatic heterocycles. The fourth-order valence-electron chi connectivity index (χ4n) is 3.20. The summed E-state index contributed by atoms with van der Waals surface area (Å²) in [5.74, 6) is -1.94. The lowest BCUT2D eigenvalue weighted by Crippen LogP contribution is -2.39. The fourth-order valence-corrected chi connectivity index (χ4v) is 3.20. The van der Waals surface area contributed by atoms with Crippen LogP contribution in [0.1, 0.15) is 43.6 Å². The second-order valence-electron chi connectivity index (χ2n) is 6.10. The number of hydrogen-bond acceptors (Lipinski definition) is 2. The van der Waals surface area contributed by atoms with E-state index >= 15 is 0 Å². The van der Waals surface area contributed by atoms with Crippen LogP contribution in [0.15, 0.2) is 18.2 Å². The normalized spacial score (nSPS) is 31.8. The van der Waals surface area contributed by atoms with Gasteiger partial charge in [-0.2, -0.15) is 0 Å². The van der Waals surface area contributed by atoms with Crippen molar-refractivity contribution in [2.24, 2.45) is 5.92 Å². The molecule has 2 aliphatic rings. The fraction of sp³-hybridized carbons (Fsp3) is 0.562. The lowest BCUT2D eigenvalue weighted by atomic mass is 9.93. The molecule has 2 fully saturated rings. The van der Waals surface area contributed by atoms with E-state index in [0.29, 0.717) is 19.3 Å². The first-order valence-electron chi connectivity index (χ1n) is 7.48. The maximum atomic E-state index is 13.7. The lowest BCUT2D eigenvalue weighted by Gasteiger charge is -2.26. The smallest absolute Gasteiger partial charge is 0.223 e. The monoisotopic (exact) mass is 295 g/mol. The van der Waals surface area contributed by atoms with Crippen LogP contribution in [0.4, 0.5) is 8.78 Å². The number of benzene rings is 1. The van der Waals surface area contributed by atoms with Crippen LogP contribution in [0.3, 0.4) is 0 Å². The Bertz CT molecular complexity index is 521. The maximum Gasteiger partial charge on any atom is 0.223 e. The zero-order valence-electron chi connectivity index (χ0n) is 11.7. The Kier molecular flexibility index (Phi) is 3.93. The van der Waals surface area contributed by atoms with E-state index in [0.717, 1.165) is 12.8 Å². The van der Waals surface area contributed by atoms with Crippen molar-refractivity contribution in [1.29, 1.82) is 0 Å². The highest BCUT2D eigenvalue weighted by Gasteiger charge is 2.47. The van der Waals surface area contributed by atoms with E-state index in [1.807, 2.05) is 0 Å². The van der Waals surface area contributed by atoms with Crippen LogP contribution in [0, 0.1) is 17.6 Å². The highest BCUT2D eigenvalue weighted by Crippen LogP contribution is 2.49. The minimum atomic E-state index is -0.573. The molecule has 2 N–H and O–H groups in total. The topological polar surface area (TPSA) is 49.3 Å². The van der Waals surface area contributed by atoms with Crippen LogP contribution in [0.2, 0.25) is 0 Å². The van der Waals surface area contributed by atoms with Gasteiger partial charge in [0, 0.05) is 23.4 Å². The molecule has 3 rings (SSSR count). The number of aliphatic hydroxyl groups is 1. The van der Waals surface area contributed by atoms with Crippen molar-refractivity contribution >= 4 is 5.91 Å². The van der Waals surface area contributed by atoms with E-state index in [2.05, 4.69) is 5.32 Å². The second-order valence-corrected chi connectivity index (χ2v) is 6.10. The first kappa shape index (κ1) is 14.4. The molecule has 0 aliphatic heterocycles. The van der Waals surface area contributed by atoms with Crippen LogP contribution in [0.5, 0.6) is 0 Å². The van der Waals surface area contributed by atoms with Gasteiger partial charge in [-0.3, -0.25) is 4.79 Å².